The Morgan fingerprint density at radius 3 is 1.84 bits per heavy atom. The second kappa shape index (κ2) is 12.5. The first-order chi connectivity index (χ1) is 17.2. The van der Waals surface area contributed by atoms with E-state index in [1.165, 1.54) is 12.8 Å². The predicted octanol–water partition coefficient (Wildman–Crippen LogP) is 1.61. The Kier molecular flexibility index (Phi) is 10.2. The molecule has 1 aromatic rings. The average molecular weight is 525 g/mol. The highest BCUT2D eigenvalue weighted by atomic mass is 16.5. The van der Waals surface area contributed by atoms with Crippen molar-refractivity contribution in [1.29, 1.82) is 0 Å². The van der Waals surface area contributed by atoms with Gasteiger partial charge in [0.2, 0.25) is 0 Å². The van der Waals surface area contributed by atoms with Crippen LogP contribution in [0.15, 0.2) is 30.3 Å². The molecule has 3 rings (SSSR count). The molecular formula is C26H38NO10+. The number of aliphatic hydroxyl groups excluding tert-OH is 1. The first-order valence-electron chi connectivity index (χ1n) is 12.4. The molecule has 0 spiro atoms. The highest BCUT2D eigenvalue weighted by molar-refractivity contribution is 5.88. The van der Waals surface area contributed by atoms with E-state index in [0.29, 0.717) is 18.1 Å². The summed E-state index contributed by atoms with van der Waals surface area (Å²) < 4.78 is 6.96. The Hall–Kier alpha value is -3.02. The first-order valence-corrected chi connectivity index (χ1v) is 12.4. The minimum absolute atomic E-state index is 0.00212. The van der Waals surface area contributed by atoms with Crippen molar-refractivity contribution < 1.29 is 53.9 Å². The highest BCUT2D eigenvalue weighted by Crippen LogP contribution is 2.44. The highest BCUT2D eigenvalue weighted by Gasteiger charge is 2.53. The van der Waals surface area contributed by atoms with Gasteiger partial charge in [-0.2, -0.15) is 0 Å². The quantitative estimate of drug-likeness (QED) is 0.223. The van der Waals surface area contributed by atoms with Crippen molar-refractivity contribution in [3.63, 3.8) is 0 Å². The Morgan fingerprint density at radius 1 is 0.973 bits per heavy atom. The second-order valence-corrected chi connectivity index (χ2v) is 10.4. The van der Waals surface area contributed by atoms with E-state index in [4.69, 9.17) is 25.2 Å². The molecule has 3 atom stereocenters. The van der Waals surface area contributed by atoms with Crippen molar-refractivity contribution in [1.82, 2.24) is 0 Å². The van der Waals surface area contributed by atoms with Crippen LogP contribution in [-0.4, -0.2) is 97.4 Å². The van der Waals surface area contributed by atoms with Gasteiger partial charge in [-0.25, -0.2) is 4.79 Å². The number of esters is 1. The van der Waals surface area contributed by atoms with Gasteiger partial charge in [-0.05, 0) is 19.4 Å². The molecule has 11 heteroatoms. The summed E-state index contributed by atoms with van der Waals surface area (Å²) in [6.07, 6.45) is 2.07. The minimum Gasteiger partial charge on any atom is -0.481 e. The molecule has 1 aromatic carbocycles. The maximum Gasteiger partial charge on any atom is 0.336 e. The molecule has 0 radical (unpaired) electrons. The molecule has 11 nitrogen and oxygen atoms in total. The maximum absolute atomic E-state index is 12.6. The zero-order valence-corrected chi connectivity index (χ0v) is 21.4. The van der Waals surface area contributed by atoms with Crippen molar-refractivity contribution >= 4 is 23.9 Å². The number of ether oxygens (including phenoxy) is 1. The normalized spacial score (nSPS) is 25.5. The van der Waals surface area contributed by atoms with Crippen molar-refractivity contribution in [2.75, 3.05) is 13.7 Å². The van der Waals surface area contributed by atoms with Crippen LogP contribution in [0.5, 0.6) is 0 Å². The summed E-state index contributed by atoms with van der Waals surface area (Å²) in [7, 11) is 2.37. The van der Waals surface area contributed by atoms with Crippen LogP contribution >= 0.6 is 0 Å². The van der Waals surface area contributed by atoms with E-state index in [9.17, 15) is 24.3 Å². The van der Waals surface area contributed by atoms with Gasteiger partial charge in [-0.1, -0.05) is 30.3 Å². The lowest BCUT2D eigenvalue weighted by Gasteiger charge is -2.49. The molecule has 1 unspecified atom stereocenters. The van der Waals surface area contributed by atoms with E-state index in [1.54, 1.807) is 0 Å². The van der Waals surface area contributed by atoms with E-state index in [-0.39, 0.29) is 18.7 Å². The van der Waals surface area contributed by atoms with E-state index in [0.717, 1.165) is 22.9 Å². The number of carboxylic acid groups (broad SMARTS) is 3. The second-order valence-electron chi connectivity index (χ2n) is 10.4. The van der Waals surface area contributed by atoms with Crippen LogP contribution in [0, 0.1) is 0 Å². The lowest BCUT2D eigenvalue weighted by atomic mass is 9.94. The summed E-state index contributed by atoms with van der Waals surface area (Å²) >= 11 is 0. The van der Waals surface area contributed by atoms with Crippen molar-refractivity contribution in [3.8, 4) is 0 Å². The minimum atomic E-state index is -2.74. The van der Waals surface area contributed by atoms with Gasteiger partial charge in [0.15, 0.2) is 5.60 Å². The number of piperidine rings is 1. The van der Waals surface area contributed by atoms with Crippen molar-refractivity contribution in [3.05, 3.63) is 35.9 Å². The largest absolute Gasteiger partial charge is 0.481 e. The fourth-order valence-corrected chi connectivity index (χ4v) is 5.53. The maximum atomic E-state index is 12.6. The molecule has 0 saturated carbocycles. The van der Waals surface area contributed by atoms with Crippen LogP contribution < -0.4 is 0 Å². The number of aliphatic carboxylic acids is 3. The van der Waals surface area contributed by atoms with Crippen LogP contribution in [0.3, 0.4) is 0 Å². The summed E-state index contributed by atoms with van der Waals surface area (Å²) in [6.45, 7) is 4.39. The summed E-state index contributed by atoms with van der Waals surface area (Å²) in [6, 6.07) is 11.2. The lowest BCUT2D eigenvalue weighted by Crippen LogP contribution is -2.62. The number of carbonyl (C=O) groups excluding carboxylic acids is 1. The summed E-state index contributed by atoms with van der Waals surface area (Å²) in [5.41, 5.74) is -1.91. The molecule has 2 fully saturated rings. The molecule has 37 heavy (non-hydrogen) atoms. The van der Waals surface area contributed by atoms with Crippen LogP contribution in [-0.2, 0) is 23.9 Å². The zero-order chi connectivity index (χ0) is 28.0. The van der Waals surface area contributed by atoms with Gasteiger partial charge in [-0.15, -0.1) is 0 Å². The van der Waals surface area contributed by atoms with E-state index in [2.05, 4.69) is 20.9 Å². The number of quaternary nitrogens is 1. The molecule has 0 amide bonds. The van der Waals surface area contributed by atoms with Crippen LogP contribution in [0.4, 0.5) is 0 Å². The SMILES string of the molecule is CC(C)[N+]1(C)[C@@H]2CC[C@@H]1CC(OC(=O)C(CO)c1ccccc1)C2.O=C(O)CC(O)(CC(=O)O)C(=O)O. The number of carbonyl (C=O) groups is 4. The summed E-state index contributed by atoms with van der Waals surface area (Å²) in [5.74, 6) is -5.87. The van der Waals surface area contributed by atoms with Gasteiger partial charge >= 0.3 is 23.9 Å². The van der Waals surface area contributed by atoms with Crippen LogP contribution in [0.2, 0.25) is 0 Å². The topological polar surface area (TPSA) is 179 Å². The van der Waals surface area contributed by atoms with Gasteiger partial charge in [0.25, 0.3) is 0 Å². The monoisotopic (exact) mass is 524 g/mol. The average Bonchev–Trinajstić information content (AvgIpc) is 2.96. The number of aliphatic hydroxyl groups is 2. The number of hydrogen-bond acceptors (Lipinski definition) is 7. The number of fused-ring (bicyclic) bond motifs is 2. The molecule has 2 bridgehead atoms. The molecule has 2 heterocycles. The number of rotatable bonds is 10. The third-order valence-corrected chi connectivity index (χ3v) is 7.83. The third-order valence-electron chi connectivity index (χ3n) is 7.83. The third kappa shape index (κ3) is 7.27. The molecule has 5 N–H and O–H groups in total. The van der Waals surface area contributed by atoms with Gasteiger partial charge in [0, 0.05) is 25.7 Å². The van der Waals surface area contributed by atoms with Gasteiger partial charge in [0.1, 0.15) is 12.0 Å². The smallest absolute Gasteiger partial charge is 0.336 e. The van der Waals surface area contributed by atoms with Crippen LogP contribution in [0.1, 0.15) is 63.9 Å². The predicted molar refractivity (Wildman–Crippen MR) is 131 cm³/mol. The number of nitrogens with zero attached hydrogens (tertiary/aromatic N) is 1. The number of carboxylic acids is 3. The van der Waals surface area contributed by atoms with E-state index >= 15 is 0 Å². The van der Waals surface area contributed by atoms with E-state index in [1.807, 2.05) is 30.3 Å². The standard InChI is InChI=1S/C20H30NO3.C6H8O7/c1-14(2)21(3)16-9-10-17(21)12-18(11-16)24-20(23)19(13-22)15-7-5-4-6-8-15;7-3(8)1-6(13,5(11)12)2-4(9)10/h4-8,14,16-19,22H,9-13H2,1-3H3;13H,1-2H2,(H,7,8)(H,9,10)(H,11,12)/q+1;/t16-,17-,18?,19?,21?;/m1./s1. The molecule has 2 aliphatic heterocycles. The van der Waals surface area contributed by atoms with Gasteiger partial charge < -0.3 is 34.8 Å². The lowest BCUT2D eigenvalue weighted by molar-refractivity contribution is -0.968. The van der Waals surface area contributed by atoms with Crippen LogP contribution in [0.25, 0.3) is 0 Å². The van der Waals surface area contributed by atoms with Gasteiger partial charge in [-0.3, -0.25) is 14.4 Å². The summed E-state index contributed by atoms with van der Waals surface area (Å²) in [5, 5.41) is 43.5. The van der Waals surface area contributed by atoms with E-state index < -0.39 is 42.3 Å². The molecule has 0 aliphatic carbocycles. The Balaban J connectivity index is 0.000000317. The molecular weight excluding hydrogens is 486 g/mol. The molecule has 206 valence electrons. The Morgan fingerprint density at radius 2 is 1.46 bits per heavy atom. The van der Waals surface area contributed by atoms with Gasteiger partial charge in [0.05, 0.1) is 44.6 Å². The molecule has 2 saturated heterocycles. The fourth-order valence-electron chi connectivity index (χ4n) is 5.53. The molecule has 2 aliphatic rings. The number of hydrogen-bond donors (Lipinski definition) is 5. The fraction of sp³-hybridized carbons (Fsp3) is 0.615. The zero-order valence-electron chi connectivity index (χ0n) is 21.4. The Bertz CT molecular complexity index is 933. The van der Waals surface area contributed by atoms with Crippen molar-refractivity contribution in [2.24, 2.45) is 0 Å². The molecule has 0 aromatic heterocycles. The first kappa shape index (κ1) is 30.2. The van der Waals surface area contributed by atoms with Crippen molar-refractivity contribution in [2.45, 2.75) is 88.1 Å². The summed E-state index contributed by atoms with van der Waals surface area (Å²) in [4.78, 5) is 43.1. The number of benzene rings is 1. The Labute approximate surface area is 215 Å².